The van der Waals surface area contributed by atoms with Gasteiger partial charge >= 0.3 is 5.97 Å². The van der Waals surface area contributed by atoms with Gasteiger partial charge in [0.05, 0.1) is 0 Å². The van der Waals surface area contributed by atoms with Crippen molar-refractivity contribution in [3.05, 3.63) is 48.0 Å². The van der Waals surface area contributed by atoms with E-state index in [4.69, 9.17) is 0 Å². The summed E-state index contributed by atoms with van der Waals surface area (Å²) in [6.45, 7) is 3.65. The normalized spacial score (nSPS) is 12.7. The van der Waals surface area contributed by atoms with Crippen LogP contribution in [0.2, 0.25) is 0 Å². The van der Waals surface area contributed by atoms with E-state index in [1.165, 1.54) is 21.8 Å². The van der Waals surface area contributed by atoms with Crippen molar-refractivity contribution in [2.24, 2.45) is 0 Å². The fourth-order valence-electron chi connectivity index (χ4n) is 3.34. The first-order chi connectivity index (χ1) is 12.2. The third-order valence-electron chi connectivity index (χ3n) is 4.61. The summed E-state index contributed by atoms with van der Waals surface area (Å²) in [6.07, 6.45) is 2.63. The standard InChI is InChI=1S/C20H24N2O2S/c1-3-22-18-7-5-4-6-15(18)16-12-14(8-9-19(16)22)13-21-17(20(23)24)10-11-25-2/h4-9,12,17,21H,3,10-11,13H2,1-2H3,(H,23,24). The highest BCUT2D eigenvalue weighted by molar-refractivity contribution is 7.98. The summed E-state index contributed by atoms with van der Waals surface area (Å²) in [4.78, 5) is 11.4. The molecule has 132 valence electrons. The predicted molar refractivity (Wildman–Crippen MR) is 106 cm³/mol. The number of carbonyl (C=O) groups is 1. The molecule has 1 unspecified atom stereocenters. The topological polar surface area (TPSA) is 54.3 Å². The van der Waals surface area contributed by atoms with Crippen molar-refractivity contribution in [2.45, 2.75) is 32.5 Å². The van der Waals surface area contributed by atoms with Gasteiger partial charge in [0.15, 0.2) is 0 Å². The Balaban J connectivity index is 1.88. The van der Waals surface area contributed by atoms with Crippen LogP contribution in [0, 0.1) is 0 Å². The van der Waals surface area contributed by atoms with Gasteiger partial charge in [-0.15, -0.1) is 0 Å². The van der Waals surface area contributed by atoms with Gasteiger partial charge < -0.3 is 15.0 Å². The molecule has 1 atom stereocenters. The highest BCUT2D eigenvalue weighted by Gasteiger charge is 2.16. The molecule has 5 heteroatoms. The number of hydrogen-bond acceptors (Lipinski definition) is 3. The van der Waals surface area contributed by atoms with Crippen LogP contribution >= 0.6 is 11.8 Å². The van der Waals surface area contributed by atoms with Crippen molar-refractivity contribution >= 4 is 39.5 Å². The number of aryl methyl sites for hydroxylation is 1. The van der Waals surface area contributed by atoms with E-state index in [1.54, 1.807) is 11.8 Å². The fourth-order valence-corrected chi connectivity index (χ4v) is 3.81. The molecule has 1 heterocycles. The molecule has 0 spiro atoms. The second-order valence-electron chi connectivity index (χ2n) is 6.17. The number of hydrogen-bond donors (Lipinski definition) is 2. The van der Waals surface area contributed by atoms with E-state index in [2.05, 4.69) is 59.3 Å². The number of benzene rings is 2. The molecule has 0 bridgehead atoms. The molecular weight excluding hydrogens is 332 g/mol. The van der Waals surface area contributed by atoms with Crippen molar-refractivity contribution in [1.82, 2.24) is 9.88 Å². The predicted octanol–water partition coefficient (Wildman–Crippen LogP) is 4.11. The average molecular weight is 356 g/mol. The van der Waals surface area contributed by atoms with Gasteiger partial charge in [-0.2, -0.15) is 11.8 Å². The number of aliphatic carboxylic acids is 1. The van der Waals surface area contributed by atoms with Crippen LogP contribution in [0.15, 0.2) is 42.5 Å². The Labute approximate surface area is 152 Å². The molecule has 0 amide bonds. The van der Waals surface area contributed by atoms with Crippen molar-refractivity contribution in [3.8, 4) is 0 Å². The van der Waals surface area contributed by atoms with Gasteiger partial charge in [0.2, 0.25) is 0 Å². The zero-order valence-corrected chi connectivity index (χ0v) is 15.5. The summed E-state index contributed by atoms with van der Waals surface area (Å²) in [5, 5.41) is 15.0. The lowest BCUT2D eigenvalue weighted by Crippen LogP contribution is -2.36. The third kappa shape index (κ3) is 3.67. The van der Waals surface area contributed by atoms with Gasteiger partial charge in [-0.25, -0.2) is 0 Å². The summed E-state index contributed by atoms with van der Waals surface area (Å²) in [5.41, 5.74) is 3.58. The van der Waals surface area contributed by atoms with Crippen molar-refractivity contribution < 1.29 is 9.90 Å². The van der Waals surface area contributed by atoms with Crippen LogP contribution in [0.3, 0.4) is 0 Å². The lowest BCUT2D eigenvalue weighted by atomic mass is 10.1. The molecule has 3 rings (SSSR count). The smallest absolute Gasteiger partial charge is 0.320 e. The first kappa shape index (κ1) is 17.8. The second-order valence-corrected chi connectivity index (χ2v) is 7.15. The molecule has 1 aromatic heterocycles. The zero-order chi connectivity index (χ0) is 17.8. The van der Waals surface area contributed by atoms with E-state index in [0.717, 1.165) is 17.9 Å². The van der Waals surface area contributed by atoms with Crippen LogP contribution in [-0.2, 0) is 17.9 Å². The maximum absolute atomic E-state index is 11.4. The number of nitrogens with one attached hydrogen (secondary N) is 1. The van der Waals surface area contributed by atoms with Crippen LogP contribution < -0.4 is 5.32 Å². The van der Waals surface area contributed by atoms with Crippen molar-refractivity contribution in [1.29, 1.82) is 0 Å². The third-order valence-corrected chi connectivity index (χ3v) is 5.26. The first-order valence-electron chi connectivity index (χ1n) is 8.60. The van der Waals surface area contributed by atoms with E-state index in [1.807, 2.05) is 6.26 Å². The number of rotatable bonds is 8. The molecule has 4 nitrogen and oxygen atoms in total. The molecule has 3 aromatic rings. The molecule has 0 aliphatic carbocycles. The van der Waals surface area contributed by atoms with E-state index < -0.39 is 12.0 Å². The van der Waals surface area contributed by atoms with Crippen LogP contribution in [0.1, 0.15) is 18.9 Å². The van der Waals surface area contributed by atoms with Gasteiger partial charge in [-0.3, -0.25) is 4.79 Å². The summed E-state index contributed by atoms with van der Waals surface area (Å²) >= 11 is 1.67. The Hall–Kier alpha value is -1.98. The quantitative estimate of drug-likeness (QED) is 0.638. The Kier molecular flexibility index (Phi) is 5.66. The summed E-state index contributed by atoms with van der Waals surface area (Å²) in [5.74, 6) is 0.0604. The lowest BCUT2D eigenvalue weighted by Gasteiger charge is -2.14. The Morgan fingerprint density at radius 3 is 2.68 bits per heavy atom. The summed E-state index contributed by atoms with van der Waals surface area (Å²) in [7, 11) is 0. The molecule has 0 aliphatic rings. The van der Waals surface area contributed by atoms with Gasteiger partial charge in [0, 0.05) is 34.9 Å². The number of aromatic nitrogens is 1. The number of carboxylic acids is 1. The molecule has 0 saturated heterocycles. The van der Waals surface area contributed by atoms with E-state index >= 15 is 0 Å². The maximum Gasteiger partial charge on any atom is 0.320 e. The van der Waals surface area contributed by atoms with Crippen LogP contribution in [-0.4, -0.2) is 33.7 Å². The highest BCUT2D eigenvalue weighted by Crippen LogP contribution is 2.29. The molecule has 2 aromatic carbocycles. The van der Waals surface area contributed by atoms with Gasteiger partial charge in [-0.1, -0.05) is 24.3 Å². The van der Waals surface area contributed by atoms with Crippen molar-refractivity contribution in [3.63, 3.8) is 0 Å². The number of nitrogens with zero attached hydrogens (tertiary/aromatic N) is 1. The average Bonchev–Trinajstić information content (AvgIpc) is 2.94. The molecule has 2 N–H and O–H groups in total. The minimum Gasteiger partial charge on any atom is -0.480 e. The Bertz CT molecular complexity index is 888. The van der Waals surface area contributed by atoms with Gasteiger partial charge in [0.25, 0.3) is 0 Å². The van der Waals surface area contributed by atoms with Crippen LogP contribution in [0.25, 0.3) is 21.8 Å². The number of para-hydroxylation sites is 1. The van der Waals surface area contributed by atoms with E-state index in [0.29, 0.717) is 13.0 Å². The zero-order valence-electron chi connectivity index (χ0n) is 14.7. The molecule has 0 radical (unpaired) electrons. The Morgan fingerprint density at radius 1 is 1.20 bits per heavy atom. The number of carboxylic acid groups (broad SMARTS) is 1. The van der Waals surface area contributed by atoms with E-state index in [-0.39, 0.29) is 0 Å². The monoisotopic (exact) mass is 356 g/mol. The second kappa shape index (κ2) is 7.93. The van der Waals surface area contributed by atoms with Crippen LogP contribution in [0.4, 0.5) is 0 Å². The van der Waals surface area contributed by atoms with Crippen LogP contribution in [0.5, 0.6) is 0 Å². The van der Waals surface area contributed by atoms with Gasteiger partial charge in [0.1, 0.15) is 6.04 Å². The fraction of sp³-hybridized carbons (Fsp3) is 0.350. The van der Waals surface area contributed by atoms with Crippen molar-refractivity contribution in [2.75, 3.05) is 12.0 Å². The minimum absolute atomic E-state index is 0.500. The lowest BCUT2D eigenvalue weighted by molar-refractivity contribution is -0.139. The summed E-state index contributed by atoms with van der Waals surface area (Å²) < 4.78 is 2.32. The Morgan fingerprint density at radius 2 is 1.96 bits per heavy atom. The molecule has 0 fully saturated rings. The van der Waals surface area contributed by atoms with Gasteiger partial charge in [-0.05, 0) is 49.1 Å². The first-order valence-corrected chi connectivity index (χ1v) is 10.00. The van der Waals surface area contributed by atoms with E-state index in [9.17, 15) is 9.90 Å². The molecule has 0 aliphatic heterocycles. The number of thioether (sulfide) groups is 1. The molecule has 0 saturated carbocycles. The number of fused-ring (bicyclic) bond motifs is 3. The largest absolute Gasteiger partial charge is 0.480 e. The SMILES string of the molecule is CCn1c2ccccc2c2cc(CNC(CCSC)C(=O)O)ccc21. The maximum atomic E-state index is 11.4. The molecular formula is C20H24N2O2S. The highest BCUT2D eigenvalue weighted by atomic mass is 32.2. The molecule has 25 heavy (non-hydrogen) atoms. The summed E-state index contributed by atoms with van der Waals surface area (Å²) in [6, 6.07) is 14.4. The minimum atomic E-state index is -0.780.